The maximum atomic E-state index is 12.5. The van der Waals surface area contributed by atoms with Crippen LogP contribution in [0.25, 0.3) is 0 Å². The Bertz CT molecular complexity index is 999. The van der Waals surface area contributed by atoms with Gasteiger partial charge in [0.1, 0.15) is 10.8 Å². The molecule has 1 aliphatic rings. The van der Waals surface area contributed by atoms with E-state index in [1.165, 1.54) is 23.6 Å². The van der Waals surface area contributed by atoms with Gasteiger partial charge in [0.05, 0.1) is 18.4 Å². The van der Waals surface area contributed by atoms with Crippen LogP contribution in [0.3, 0.4) is 0 Å². The van der Waals surface area contributed by atoms with Crippen LogP contribution in [-0.2, 0) is 27.2 Å². The fraction of sp³-hybridized carbons (Fsp3) is 0.333. The Hall–Kier alpha value is -3.20. The number of hydrazone groups is 1. The largest absolute Gasteiger partial charge is 0.507 e. The highest BCUT2D eigenvalue weighted by atomic mass is 32.1. The van der Waals surface area contributed by atoms with Crippen molar-refractivity contribution in [2.24, 2.45) is 11.0 Å². The zero-order chi connectivity index (χ0) is 21.7. The van der Waals surface area contributed by atoms with Gasteiger partial charge in [-0.3, -0.25) is 9.59 Å². The fourth-order valence-corrected chi connectivity index (χ4v) is 4.62. The minimum atomic E-state index is -0.990. The highest BCUT2D eigenvalue weighted by Gasteiger charge is 2.30. The first-order chi connectivity index (χ1) is 14.4. The van der Waals surface area contributed by atoms with Crippen molar-refractivity contribution in [3.8, 4) is 5.75 Å². The van der Waals surface area contributed by atoms with Crippen molar-refractivity contribution in [1.29, 1.82) is 0 Å². The zero-order valence-corrected chi connectivity index (χ0v) is 17.5. The molecule has 0 aliphatic heterocycles. The Balaban J connectivity index is 1.73. The number of aromatic hydroxyl groups is 1. The fourth-order valence-electron chi connectivity index (χ4n) is 3.23. The molecule has 30 heavy (non-hydrogen) atoms. The lowest BCUT2D eigenvalue weighted by atomic mass is 9.88. The van der Waals surface area contributed by atoms with Gasteiger partial charge in [0.2, 0.25) is 0 Å². The molecule has 0 unspecified atom stereocenters. The molecule has 2 amide bonds. The third kappa shape index (κ3) is 4.85. The van der Waals surface area contributed by atoms with E-state index < -0.39 is 17.8 Å². The molecule has 9 heteroatoms. The first kappa shape index (κ1) is 21.5. The van der Waals surface area contributed by atoms with Gasteiger partial charge < -0.3 is 15.2 Å². The number of hydrogen-bond donors (Lipinski definition) is 3. The van der Waals surface area contributed by atoms with Crippen molar-refractivity contribution in [2.45, 2.75) is 33.1 Å². The molecule has 1 atom stereocenters. The molecule has 1 aromatic heterocycles. The summed E-state index contributed by atoms with van der Waals surface area (Å²) in [5.74, 6) is -1.95. The number of rotatable bonds is 5. The number of nitrogens with zero attached hydrogens (tertiary/aromatic N) is 1. The lowest BCUT2D eigenvalue weighted by Crippen LogP contribution is -2.32. The van der Waals surface area contributed by atoms with E-state index in [9.17, 15) is 19.5 Å². The monoisotopic (exact) mass is 429 g/mol. The lowest BCUT2D eigenvalue weighted by Gasteiger charge is -2.18. The molecular weight excluding hydrogens is 406 g/mol. The highest BCUT2D eigenvalue weighted by molar-refractivity contribution is 7.17. The number of nitrogens with one attached hydrogen (secondary N) is 2. The summed E-state index contributed by atoms with van der Waals surface area (Å²) >= 11 is 1.30. The molecule has 0 bridgehead atoms. The zero-order valence-electron chi connectivity index (χ0n) is 16.7. The number of benzene rings is 1. The molecule has 1 heterocycles. The molecule has 2 aromatic rings. The van der Waals surface area contributed by atoms with Crippen LogP contribution in [0, 0.1) is 5.92 Å². The van der Waals surface area contributed by atoms with Gasteiger partial charge in [-0.1, -0.05) is 19.1 Å². The van der Waals surface area contributed by atoms with Crippen molar-refractivity contribution in [2.75, 3.05) is 11.9 Å². The Kier molecular flexibility index (Phi) is 6.83. The standard InChI is InChI=1S/C21H23N3O5S/c1-3-29-21(28)17-14-9-8-12(2)10-16(14)30-20(17)23-18(26)19(27)24-22-11-13-6-4-5-7-15(13)25/h4-7,11-12,25H,3,8-10H2,1-2H3,(H,23,26)(H,24,27)/b22-11-/t12-/m0/s1. The van der Waals surface area contributed by atoms with Gasteiger partial charge in [-0.05, 0) is 49.8 Å². The quantitative estimate of drug-likeness (QED) is 0.292. The van der Waals surface area contributed by atoms with Gasteiger partial charge in [0.25, 0.3) is 0 Å². The number of amides is 2. The summed E-state index contributed by atoms with van der Waals surface area (Å²) in [5.41, 5.74) is 3.74. The third-order valence-corrected chi connectivity index (χ3v) is 5.90. The summed E-state index contributed by atoms with van der Waals surface area (Å²) in [7, 11) is 0. The van der Waals surface area contributed by atoms with Crippen LogP contribution in [0.5, 0.6) is 5.75 Å². The second-order valence-electron chi connectivity index (χ2n) is 6.99. The number of thiophene rings is 1. The molecule has 0 saturated carbocycles. The molecule has 0 saturated heterocycles. The van der Waals surface area contributed by atoms with E-state index in [1.54, 1.807) is 25.1 Å². The Morgan fingerprint density at radius 3 is 2.80 bits per heavy atom. The second-order valence-corrected chi connectivity index (χ2v) is 8.09. The Morgan fingerprint density at radius 1 is 1.30 bits per heavy atom. The summed E-state index contributed by atoms with van der Waals surface area (Å²) in [5, 5.41) is 16.2. The van der Waals surface area contributed by atoms with E-state index in [4.69, 9.17) is 4.74 Å². The Morgan fingerprint density at radius 2 is 2.07 bits per heavy atom. The van der Waals surface area contributed by atoms with Crippen molar-refractivity contribution in [1.82, 2.24) is 5.43 Å². The van der Waals surface area contributed by atoms with Crippen molar-refractivity contribution in [3.63, 3.8) is 0 Å². The molecule has 1 aliphatic carbocycles. The molecule has 3 N–H and O–H groups in total. The van der Waals surface area contributed by atoms with Gasteiger partial charge in [-0.2, -0.15) is 5.10 Å². The van der Waals surface area contributed by atoms with Crippen molar-refractivity contribution in [3.05, 3.63) is 45.8 Å². The van der Waals surface area contributed by atoms with Crippen LogP contribution in [0.15, 0.2) is 29.4 Å². The highest BCUT2D eigenvalue weighted by Crippen LogP contribution is 2.40. The van der Waals surface area contributed by atoms with Gasteiger partial charge in [0, 0.05) is 10.4 Å². The normalized spacial score (nSPS) is 15.5. The average Bonchev–Trinajstić information content (AvgIpc) is 3.06. The van der Waals surface area contributed by atoms with Crippen LogP contribution in [0.1, 0.15) is 46.6 Å². The summed E-state index contributed by atoms with van der Waals surface area (Å²) < 4.78 is 5.16. The second kappa shape index (κ2) is 9.53. The molecule has 0 fully saturated rings. The number of fused-ring (bicyclic) bond motifs is 1. The number of hydrogen-bond acceptors (Lipinski definition) is 7. The van der Waals surface area contributed by atoms with Gasteiger partial charge in [0.15, 0.2) is 0 Å². The predicted molar refractivity (Wildman–Crippen MR) is 114 cm³/mol. The van der Waals surface area contributed by atoms with Crippen molar-refractivity contribution >= 4 is 40.3 Å². The van der Waals surface area contributed by atoms with Crippen LogP contribution in [-0.4, -0.2) is 35.7 Å². The number of anilines is 1. The van der Waals surface area contributed by atoms with Crippen molar-refractivity contribution < 1.29 is 24.2 Å². The van der Waals surface area contributed by atoms with E-state index in [0.717, 1.165) is 29.7 Å². The van der Waals surface area contributed by atoms with E-state index in [2.05, 4.69) is 22.8 Å². The number of carbonyl (C=O) groups is 3. The molecule has 0 spiro atoms. The smallest absolute Gasteiger partial charge is 0.341 e. The molecule has 8 nitrogen and oxygen atoms in total. The van der Waals surface area contributed by atoms with Crippen LogP contribution >= 0.6 is 11.3 Å². The molecule has 3 rings (SSSR count). The van der Waals surface area contributed by atoms with Crippen LogP contribution in [0.2, 0.25) is 0 Å². The van der Waals surface area contributed by atoms with E-state index in [-0.39, 0.29) is 12.4 Å². The number of ether oxygens (including phenoxy) is 1. The third-order valence-electron chi connectivity index (χ3n) is 4.73. The van der Waals surface area contributed by atoms with Gasteiger partial charge in [-0.25, -0.2) is 10.2 Å². The van der Waals surface area contributed by atoms with E-state index in [0.29, 0.717) is 22.0 Å². The maximum absolute atomic E-state index is 12.5. The summed E-state index contributed by atoms with van der Waals surface area (Å²) in [6.45, 7) is 4.07. The minimum absolute atomic E-state index is 0.00239. The number of esters is 1. The van der Waals surface area contributed by atoms with Gasteiger partial charge in [-0.15, -0.1) is 11.3 Å². The van der Waals surface area contributed by atoms with Gasteiger partial charge >= 0.3 is 17.8 Å². The number of phenols is 1. The average molecular weight is 429 g/mol. The van der Waals surface area contributed by atoms with Crippen LogP contribution < -0.4 is 10.7 Å². The predicted octanol–water partition coefficient (Wildman–Crippen LogP) is 2.84. The molecule has 1 aromatic carbocycles. The summed E-state index contributed by atoms with van der Waals surface area (Å²) in [6, 6.07) is 6.44. The first-order valence-corrected chi connectivity index (χ1v) is 10.5. The summed E-state index contributed by atoms with van der Waals surface area (Å²) in [6.07, 6.45) is 3.73. The number of phenolic OH excluding ortho intramolecular Hbond substituents is 1. The Labute approximate surface area is 177 Å². The SMILES string of the molecule is CCOC(=O)c1c(NC(=O)C(=O)N/N=C\c2ccccc2O)sc2c1CC[C@H](C)C2. The van der Waals surface area contributed by atoms with E-state index >= 15 is 0 Å². The molecule has 158 valence electrons. The van der Waals surface area contributed by atoms with E-state index in [1.807, 2.05) is 0 Å². The number of para-hydroxylation sites is 1. The van der Waals surface area contributed by atoms with Crippen LogP contribution in [0.4, 0.5) is 5.00 Å². The number of carbonyl (C=O) groups excluding carboxylic acids is 3. The molecular formula is C21H23N3O5S. The minimum Gasteiger partial charge on any atom is -0.507 e. The first-order valence-electron chi connectivity index (χ1n) is 9.64. The summed E-state index contributed by atoms with van der Waals surface area (Å²) in [4.78, 5) is 38.0. The lowest BCUT2D eigenvalue weighted by molar-refractivity contribution is -0.136. The topological polar surface area (TPSA) is 117 Å². The molecule has 0 radical (unpaired) electrons. The maximum Gasteiger partial charge on any atom is 0.341 e.